The number of unbranched alkanes of at least 4 members (excludes halogenated alkanes) is 1. The molecule has 10 heteroatoms. The summed E-state index contributed by atoms with van der Waals surface area (Å²) in [5, 5.41) is 3.61. The molecule has 0 spiro atoms. The minimum atomic E-state index is -4.14. The molecule has 0 aliphatic rings. The summed E-state index contributed by atoms with van der Waals surface area (Å²) in [5.41, 5.74) is 3.64. The minimum Gasteiger partial charge on any atom is -0.354 e. The molecule has 0 aliphatic heterocycles. The van der Waals surface area contributed by atoms with Crippen LogP contribution in [-0.4, -0.2) is 44.3 Å². The summed E-state index contributed by atoms with van der Waals surface area (Å²) in [6.45, 7) is 9.48. The fraction of sp³-hybridized carbons (Fsp3) is 0.375. The van der Waals surface area contributed by atoms with Crippen LogP contribution < -0.4 is 9.62 Å². The Bertz CT molecular complexity index is 1510. The van der Waals surface area contributed by atoms with Gasteiger partial charge in [0.2, 0.25) is 11.8 Å². The third kappa shape index (κ3) is 8.27. The lowest BCUT2D eigenvalue weighted by Gasteiger charge is -2.33. The molecule has 2 amide bonds. The molecule has 0 saturated heterocycles. The molecule has 0 radical (unpaired) electrons. The van der Waals surface area contributed by atoms with Gasteiger partial charge in [-0.1, -0.05) is 84.9 Å². The van der Waals surface area contributed by atoms with Gasteiger partial charge in [0.05, 0.1) is 20.6 Å². The van der Waals surface area contributed by atoms with E-state index < -0.39 is 28.5 Å². The highest BCUT2D eigenvalue weighted by Gasteiger charge is 2.34. The van der Waals surface area contributed by atoms with E-state index in [-0.39, 0.29) is 17.3 Å². The van der Waals surface area contributed by atoms with E-state index >= 15 is 0 Å². The second-order valence-corrected chi connectivity index (χ2v) is 13.1. The number of hydrogen-bond acceptors (Lipinski definition) is 4. The zero-order valence-corrected chi connectivity index (χ0v) is 27.1. The van der Waals surface area contributed by atoms with Gasteiger partial charge in [-0.2, -0.15) is 0 Å². The Hall–Kier alpha value is -3.07. The van der Waals surface area contributed by atoms with Gasteiger partial charge in [-0.25, -0.2) is 8.42 Å². The van der Waals surface area contributed by atoms with Crippen LogP contribution in [0.2, 0.25) is 10.0 Å². The van der Waals surface area contributed by atoms with Gasteiger partial charge in [-0.15, -0.1) is 0 Å². The Morgan fingerprint density at radius 2 is 1.55 bits per heavy atom. The predicted octanol–water partition coefficient (Wildman–Crippen LogP) is 6.84. The van der Waals surface area contributed by atoms with Crippen molar-refractivity contribution in [3.63, 3.8) is 0 Å². The molecule has 0 heterocycles. The number of halogens is 2. The maximum atomic E-state index is 14.2. The maximum absolute atomic E-state index is 14.2. The van der Waals surface area contributed by atoms with Crippen molar-refractivity contribution < 1.29 is 18.0 Å². The van der Waals surface area contributed by atoms with E-state index in [4.69, 9.17) is 23.2 Å². The Labute approximate surface area is 259 Å². The van der Waals surface area contributed by atoms with Gasteiger partial charge in [0.1, 0.15) is 12.6 Å². The number of benzene rings is 3. The lowest BCUT2D eigenvalue weighted by molar-refractivity contribution is -0.140. The first-order valence-corrected chi connectivity index (χ1v) is 16.3. The Kier molecular flexibility index (Phi) is 11.9. The molecule has 1 atom stereocenters. The van der Waals surface area contributed by atoms with Crippen molar-refractivity contribution in [2.45, 2.75) is 71.4 Å². The molecular formula is C32H39Cl2N3O4S. The van der Waals surface area contributed by atoms with Crippen LogP contribution in [0.25, 0.3) is 0 Å². The molecule has 7 nitrogen and oxygen atoms in total. The summed E-state index contributed by atoms with van der Waals surface area (Å²) in [7, 11) is -4.14. The normalized spacial score (nSPS) is 12.1. The van der Waals surface area contributed by atoms with E-state index in [0.29, 0.717) is 39.8 Å². The van der Waals surface area contributed by atoms with Crippen LogP contribution in [0, 0.1) is 20.8 Å². The molecule has 1 N–H and O–H groups in total. The lowest BCUT2D eigenvalue weighted by atomic mass is 10.1. The molecule has 226 valence electrons. The third-order valence-corrected chi connectivity index (χ3v) is 9.57. The molecule has 3 aromatic carbocycles. The van der Waals surface area contributed by atoms with Crippen LogP contribution in [0.1, 0.15) is 55.4 Å². The van der Waals surface area contributed by atoms with Crippen LogP contribution in [0.15, 0.2) is 65.6 Å². The fourth-order valence-electron chi connectivity index (χ4n) is 4.70. The molecule has 0 fully saturated rings. The number of sulfonamides is 1. The van der Waals surface area contributed by atoms with Crippen molar-refractivity contribution in [3.05, 3.63) is 93.0 Å². The number of nitrogens with one attached hydrogen (secondary N) is 1. The van der Waals surface area contributed by atoms with Gasteiger partial charge in [0, 0.05) is 13.1 Å². The monoisotopic (exact) mass is 631 g/mol. The van der Waals surface area contributed by atoms with Gasteiger partial charge in [0.25, 0.3) is 10.0 Å². The average Bonchev–Trinajstić information content (AvgIpc) is 2.94. The molecule has 0 aromatic heterocycles. The summed E-state index contributed by atoms with van der Waals surface area (Å²) in [6.07, 6.45) is 2.04. The summed E-state index contributed by atoms with van der Waals surface area (Å²) < 4.78 is 29.3. The van der Waals surface area contributed by atoms with Gasteiger partial charge in [-0.3, -0.25) is 13.9 Å². The summed E-state index contributed by atoms with van der Waals surface area (Å²) >= 11 is 12.4. The molecule has 42 heavy (non-hydrogen) atoms. The number of hydrogen-bond donors (Lipinski definition) is 1. The largest absolute Gasteiger partial charge is 0.354 e. The highest BCUT2D eigenvalue weighted by Crippen LogP contribution is 2.29. The topological polar surface area (TPSA) is 86.8 Å². The second-order valence-electron chi connectivity index (χ2n) is 10.5. The van der Waals surface area contributed by atoms with E-state index in [1.54, 1.807) is 36.4 Å². The van der Waals surface area contributed by atoms with Gasteiger partial charge in [0.15, 0.2) is 0 Å². The fourth-order valence-corrected chi connectivity index (χ4v) is 6.50. The third-order valence-electron chi connectivity index (χ3n) is 7.06. The molecular weight excluding hydrogens is 593 g/mol. The zero-order chi connectivity index (χ0) is 31.0. The van der Waals surface area contributed by atoms with Crippen molar-refractivity contribution >= 4 is 50.7 Å². The Morgan fingerprint density at radius 3 is 2.14 bits per heavy atom. The minimum absolute atomic E-state index is 0.0424. The number of rotatable bonds is 13. The van der Waals surface area contributed by atoms with E-state index in [0.717, 1.165) is 28.3 Å². The van der Waals surface area contributed by atoms with Crippen molar-refractivity contribution in [3.8, 4) is 0 Å². The van der Waals surface area contributed by atoms with Crippen LogP contribution in [0.5, 0.6) is 0 Å². The Balaban J connectivity index is 2.08. The SMILES string of the molecule is CCCCNC(=O)[C@@H](CC)N(Cc1ccc(Cl)c(Cl)c1)C(=O)CN(c1ccc(C)cc1C)S(=O)(=O)c1ccc(C)cc1. The van der Waals surface area contributed by atoms with Gasteiger partial charge < -0.3 is 10.2 Å². The molecule has 0 aliphatic carbocycles. The summed E-state index contributed by atoms with van der Waals surface area (Å²) in [4.78, 5) is 29.0. The van der Waals surface area contributed by atoms with Crippen LogP contribution in [0.4, 0.5) is 5.69 Å². The van der Waals surface area contributed by atoms with Crippen molar-refractivity contribution in [2.24, 2.45) is 0 Å². The Morgan fingerprint density at radius 1 is 0.881 bits per heavy atom. The van der Waals surface area contributed by atoms with Crippen molar-refractivity contribution in [2.75, 3.05) is 17.4 Å². The number of carbonyl (C=O) groups is 2. The van der Waals surface area contributed by atoms with Crippen molar-refractivity contribution in [1.29, 1.82) is 0 Å². The van der Waals surface area contributed by atoms with Gasteiger partial charge >= 0.3 is 0 Å². The van der Waals surface area contributed by atoms with E-state index in [9.17, 15) is 18.0 Å². The smallest absolute Gasteiger partial charge is 0.264 e. The lowest BCUT2D eigenvalue weighted by Crippen LogP contribution is -2.52. The zero-order valence-electron chi connectivity index (χ0n) is 24.8. The molecule has 0 saturated carbocycles. The maximum Gasteiger partial charge on any atom is 0.264 e. The number of anilines is 1. The van der Waals surface area contributed by atoms with Crippen molar-refractivity contribution in [1.82, 2.24) is 10.2 Å². The summed E-state index contributed by atoms with van der Waals surface area (Å²) in [5.74, 6) is -0.812. The molecule has 0 bridgehead atoms. The first-order chi connectivity index (χ1) is 19.9. The number of carbonyl (C=O) groups excluding carboxylic acids is 2. The number of aryl methyl sites for hydroxylation is 3. The second kappa shape index (κ2) is 14.9. The first kappa shape index (κ1) is 33.4. The number of amides is 2. The van der Waals surface area contributed by atoms with Gasteiger partial charge in [-0.05, 0) is 75.1 Å². The van der Waals surface area contributed by atoms with E-state index in [1.807, 2.05) is 46.8 Å². The standard InChI is InChI=1S/C32H39Cl2N3O4S/c1-6-8-17-35-32(39)29(7-2)36(20-25-12-15-27(33)28(34)19-25)31(38)21-37(30-16-11-23(4)18-24(30)5)42(40,41)26-13-9-22(3)10-14-26/h9-16,18-19,29H,6-8,17,20-21H2,1-5H3,(H,35,39)/t29-/m1/s1. The first-order valence-electron chi connectivity index (χ1n) is 14.1. The quantitative estimate of drug-likeness (QED) is 0.209. The van der Waals surface area contributed by atoms with E-state index in [1.165, 1.54) is 17.0 Å². The molecule has 3 rings (SSSR count). The highest BCUT2D eigenvalue weighted by molar-refractivity contribution is 7.92. The highest BCUT2D eigenvalue weighted by atomic mass is 35.5. The summed E-state index contributed by atoms with van der Waals surface area (Å²) in [6, 6.07) is 16.1. The predicted molar refractivity (Wildman–Crippen MR) is 171 cm³/mol. The molecule has 0 unspecified atom stereocenters. The average molecular weight is 633 g/mol. The number of nitrogens with zero attached hydrogens (tertiary/aromatic N) is 2. The van der Waals surface area contributed by atoms with E-state index in [2.05, 4.69) is 5.32 Å². The molecule has 3 aromatic rings. The van der Waals surface area contributed by atoms with Crippen LogP contribution in [-0.2, 0) is 26.2 Å². The van der Waals surface area contributed by atoms with Crippen LogP contribution in [0.3, 0.4) is 0 Å². The van der Waals surface area contributed by atoms with Crippen LogP contribution >= 0.6 is 23.2 Å².